The number of aromatic nitrogens is 2. The molecule has 1 aliphatic rings. The van der Waals surface area contributed by atoms with E-state index >= 15 is 0 Å². The van der Waals surface area contributed by atoms with Gasteiger partial charge in [-0.05, 0) is 55.7 Å². The molecule has 2 amide bonds. The molecule has 1 aliphatic heterocycles. The van der Waals surface area contributed by atoms with Gasteiger partial charge in [0.25, 0.3) is 0 Å². The lowest BCUT2D eigenvalue weighted by atomic mass is 10.0. The van der Waals surface area contributed by atoms with Gasteiger partial charge in [0, 0.05) is 54.6 Å². The summed E-state index contributed by atoms with van der Waals surface area (Å²) in [6.07, 6.45) is 1.60. The molecular weight excluding hydrogens is 434 g/mol. The molecule has 3 aromatic rings. The molecule has 0 unspecified atom stereocenters. The number of benzene rings is 2. The van der Waals surface area contributed by atoms with E-state index in [9.17, 15) is 4.79 Å². The molecule has 2 heterocycles. The van der Waals surface area contributed by atoms with Gasteiger partial charge in [0.1, 0.15) is 11.6 Å². The minimum atomic E-state index is -0.0604. The number of nitrogens with zero attached hydrogens (tertiary/aromatic N) is 4. The highest BCUT2D eigenvalue weighted by Crippen LogP contribution is 2.26. The van der Waals surface area contributed by atoms with E-state index in [1.807, 2.05) is 55.1 Å². The molecule has 0 radical (unpaired) electrons. The second-order valence-corrected chi connectivity index (χ2v) is 8.89. The molecule has 7 heteroatoms. The van der Waals surface area contributed by atoms with Crippen LogP contribution in [0.3, 0.4) is 0 Å². The third-order valence-corrected chi connectivity index (χ3v) is 6.20. The fraction of sp³-hybridized carbons (Fsp3) is 0.346. The maximum atomic E-state index is 12.8. The molecular formula is C26H30ClN5O. The zero-order chi connectivity index (χ0) is 23.4. The van der Waals surface area contributed by atoms with Gasteiger partial charge in [0.2, 0.25) is 0 Å². The number of carbonyl (C=O) groups is 1. The van der Waals surface area contributed by atoms with E-state index in [0.717, 1.165) is 65.1 Å². The number of amides is 2. The number of rotatable bonds is 5. The Balaban J connectivity index is 1.49. The fourth-order valence-electron chi connectivity index (χ4n) is 4.23. The first-order valence-corrected chi connectivity index (χ1v) is 11.8. The van der Waals surface area contributed by atoms with Crippen LogP contribution in [-0.2, 0) is 12.8 Å². The van der Waals surface area contributed by atoms with Crippen molar-refractivity contribution in [2.24, 2.45) is 0 Å². The summed E-state index contributed by atoms with van der Waals surface area (Å²) in [5.41, 5.74) is 5.36. The van der Waals surface area contributed by atoms with Crippen LogP contribution in [0.4, 0.5) is 16.3 Å². The van der Waals surface area contributed by atoms with Crippen molar-refractivity contribution < 1.29 is 4.79 Å². The number of piperazine rings is 1. The lowest BCUT2D eigenvalue weighted by molar-refractivity contribution is 0.208. The van der Waals surface area contributed by atoms with E-state index in [1.54, 1.807) is 0 Å². The van der Waals surface area contributed by atoms with E-state index in [-0.39, 0.29) is 6.03 Å². The first-order valence-electron chi connectivity index (χ1n) is 11.4. The van der Waals surface area contributed by atoms with E-state index in [2.05, 4.69) is 29.3 Å². The summed E-state index contributed by atoms with van der Waals surface area (Å²) in [5.74, 6) is 1.76. The summed E-state index contributed by atoms with van der Waals surface area (Å²) in [4.78, 5) is 26.5. The fourth-order valence-corrected chi connectivity index (χ4v) is 4.35. The average Bonchev–Trinajstić information content (AvgIpc) is 2.81. The number of anilines is 2. The monoisotopic (exact) mass is 463 g/mol. The average molecular weight is 464 g/mol. The van der Waals surface area contributed by atoms with Crippen molar-refractivity contribution in [3.8, 4) is 0 Å². The zero-order valence-electron chi connectivity index (χ0n) is 19.4. The number of carbonyl (C=O) groups excluding carboxylic acids is 1. The Bertz CT molecular complexity index is 1120. The normalized spacial score (nSPS) is 13.8. The Labute approximate surface area is 200 Å². The van der Waals surface area contributed by atoms with Crippen LogP contribution < -0.4 is 10.2 Å². The van der Waals surface area contributed by atoms with Crippen molar-refractivity contribution in [1.29, 1.82) is 0 Å². The van der Waals surface area contributed by atoms with Gasteiger partial charge < -0.3 is 15.1 Å². The van der Waals surface area contributed by atoms with Crippen molar-refractivity contribution in [3.05, 3.63) is 81.8 Å². The van der Waals surface area contributed by atoms with Gasteiger partial charge >= 0.3 is 6.03 Å². The number of halogens is 1. The molecule has 1 fully saturated rings. The minimum absolute atomic E-state index is 0.0604. The van der Waals surface area contributed by atoms with Crippen molar-refractivity contribution >= 4 is 29.1 Å². The largest absolute Gasteiger partial charge is 0.353 e. The van der Waals surface area contributed by atoms with Crippen LogP contribution in [0.25, 0.3) is 0 Å². The molecule has 6 nitrogen and oxygen atoms in total. The SMILES string of the molecule is CCc1nc(C)nc(N2CCN(C(=O)Nc3cccc(C)c3)CC2)c1Cc1ccc(Cl)cc1. The number of hydrogen-bond acceptors (Lipinski definition) is 4. The highest BCUT2D eigenvalue weighted by molar-refractivity contribution is 6.30. The molecule has 1 N–H and O–H groups in total. The predicted octanol–water partition coefficient (Wildman–Crippen LogP) is 5.25. The van der Waals surface area contributed by atoms with Crippen LogP contribution in [0.1, 0.15) is 35.1 Å². The van der Waals surface area contributed by atoms with Gasteiger partial charge in [0.15, 0.2) is 0 Å². The topological polar surface area (TPSA) is 61.4 Å². The smallest absolute Gasteiger partial charge is 0.321 e. The maximum absolute atomic E-state index is 12.8. The first kappa shape index (κ1) is 23.1. The third-order valence-electron chi connectivity index (χ3n) is 5.95. The number of aryl methyl sites for hydroxylation is 3. The highest BCUT2D eigenvalue weighted by Gasteiger charge is 2.25. The van der Waals surface area contributed by atoms with Crippen molar-refractivity contribution in [3.63, 3.8) is 0 Å². The van der Waals surface area contributed by atoms with E-state index in [0.29, 0.717) is 13.1 Å². The van der Waals surface area contributed by atoms with Gasteiger partial charge in [-0.15, -0.1) is 0 Å². The molecule has 1 aromatic heterocycles. The van der Waals surface area contributed by atoms with Crippen LogP contribution in [0.15, 0.2) is 48.5 Å². The second-order valence-electron chi connectivity index (χ2n) is 8.45. The second kappa shape index (κ2) is 10.2. The van der Waals surface area contributed by atoms with Crippen LogP contribution in [0.2, 0.25) is 5.02 Å². The first-order chi connectivity index (χ1) is 15.9. The van der Waals surface area contributed by atoms with Gasteiger partial charge in [-0.1, -0.05) is 42.8 Å². The summed E-state index contributed by atoms with van der Waals surface area (Å²) >= 11 is 6.07. The molecule has 0 atom stereocenters. The maximum Gasteiger partial charge on any atom is 0.321 e. The lowest BCUT2D eigenvalue weighted by Crippen LogP contribution is -2.50. The summed E-state index contributed by atoms with van der Waals surface area (Å²) in [7, 11) is 0. The van der Waals surface area contributed by atoms with Gasteiger partial charge in [-0.2, -0.15) is 0 Å². The highest BCUT2D eigenvalue weighted by atomic mass is 35.5. The minimum Gasteiger partial charge on any atom is -0.353 e. The summed E-state index contributed by atoms with van der Waals surface area (Å²) in [5, 5.41) is 3.75. The summed E-state index contributed by atoms with van der Waals surface area (Å²) in [6, 6.07) is 15.8. The molecule has 172 valence electrons. The zero-order valence-corrected chi connectivity index (χ0v) is 20.2. The van der Waals surface area contributed by atoms with Crippen LogP contribution >= 0.6 is 11.6 Å². The molecule has 0 aliphatic carbocycles. The molecule has 0 spiro atoms. The van der Waals surface area contributed by atoms with E-state index in [1.165, 1.54) is 5.56 Å². The van der Waals surface area contributed by atoms with Crippen LogP contribution in [0.5, 0.6) is 0 Å². The Morgan fingerprint density at radius 3 is 2.42 bits per heavy atom. The van der Waals surface area contributed by atoms with E-state index < -0.39 is 0 Å². The van der Waals surface area contributed by atoms with Gasteiger partial charge in [-0.3, -0.25) is 0 Å². The predicted molar refractivity (Wildman–Crippen MR) is 134 cm³/mol. The Morgan fingerprint density at radius 1 is 1.03 bits per heavy atom. The Morgan fingerprint density at radius 2 is 1.76 bits per heavy atom. The van der Waals surface area contributed by atoms with Gasteiger partial charge in [0.05, 0.1) is 0 Å². The van der Waals surface area contributed by atoms with Crippen molar-refractivity contribution in [2.45, 2.75) is 33.6 Å². The number of urea groups is 1. The summed E-state index contributed by atoms with van der Waals surface area (Å²) in [6.45, 7) is 8.84. The van der Waals surface area contributed by atoms with Crippen molar-refractivity contribution in [2.75, 3.05) is 36.4 Å². The molecule has 33 heavy (non-hydrogen) atoms. The number of nitrogens with one attached hydrogen (secondary N) is 1. The quantitative estimate of drug-likeness (QED) is 0.561. The van der Waals surface area contributed by atoms with Crippen LogP contribution in [0, 0.1) is 13.8 Å². The van der Waals surface area contributed by atoms with Gasteiger partial charge in [-0.25, -0.2) is 14.8 Å². The number of hydrogen-bond donors (Lipinski definition) is 1. The Hall–Kier alpha value is -3.12. The van der Waals surface area contributed by atoms with E-state index in [4.69, 9.17) is 21.6 Å². The Kier molecular flexibility index (Phi) is 7.14. The molecule has 4 rings (SSSR count). The molecule has 1 saturated heterocycles. The lowest BCUT2D eigenvalue weighted by Gasteiger charge is -2.36. The van der Waals surface area contributed by atoms with Crippen molar-refractivity contribution in [1.82, 2.24) is 14.9 Å². The standard InChI is InChI=1S/C26H30ClN5O/c1-4-24-23(17-20-8-10-21(27)11-9-20)25(29-19(3)28-24)31-12-14-32(15-13-31)26(33)30-22-7-5-6-18(2)16-22/h5-11,16H,4,12-15,17H2,1-3H3,(H,30,33). The third kappa shape index (κ3) is 5.63. The molecule has 0 bridgehead atoms. The molecule has 2 aromatic carbocycles. The summed E-state index contributed by atoms with van der Waals surface area (Å²) < 4.78 is 0. The molecule has 0 saturated carbocycles. The van der Waals surface area contributed by atoms with Crippen LogP contribution in [-0.4, -0.2) is 47.1 Å².